The molecule has 1 fully saturated rings. The summed E-state index contributed by atoms with van der Waals surface area (Å²) < 4.78 is 5.16. The number of aromatic nitrogens is 1. The van der Waals surface area contributed by atoms with Crippen LogP contribution in [0.25, 0.3) is 0 Å². The maximum atomic E-state index is 10.9. The van der Waals surface area contributed by atoms with Gasteiger partial charge in [-0.3, -0.25) is 15.1 Å². The van der Waals surface area contributed by atoms with E-state index in [9.17, 15) is 20.3 Å². The SMILES string of the molecule is Nc1cncc(NC2OC(CO)C(O)C2O)c1[N+](=O)[O-]. The minimum absolute atomic E-state index is 0.0511. The number of nitro groups is 1. The van der Waals surface area contributed by atoms with Crippen LogP contribution < -0.4 is 11.1 Å². The Balaban J connectivity index is 2.23. The Morgan fingerprint density at radius 1 is 1.45 bits per heavy atom. The molecule has 2 heterocycles. The molecule has 1 saturated heterocycles. The number of pyridine rings is 1. The quantitative estimate of drug-likeness (QED) is 0.324. The first-order chi connectivity index (χ1) is 9.45. The standard InChI is InChI=1S/C10H14N4O6/c11-4-1-12-2-5(7(4)14(18)19)13-10-9(17)8(16)6(3-15)20-10/h1-2,6,8-10,13,15-17H,3,11H2. The highest BCUT2D eigenvalue weighted by Gasteiger charge is 2.43. The van der Waals surface area contributed by atoms with Crippen LogP contribution in [0.1, 0.15) is 0 Å². The molecule has 110 valence electrons. The van der Waals surface area contributed by atoms with Crippen LogP contribution in [-0.4, -0.2) is 56.4 Å². The van der Waals surface area contributed by atoms with Gasteiger partial charge in [-0.2, -0.15) is 0 Å². The molecule has 0 bridgehead atoms. The summed E-state index contributed by atoms with van der Waals surface area (Å²) in [5.41, 5.74) is 4.87. The largest absolute Gasteiger partial charge is 0.394 e. The Hall–Kier alpha value is -2.01. The van der Waals surface area contributed by atoms with Crippen molar-refractivity contribution in [1.82, 2.24) is 4.98 Å². The lowest BCUT2D eigenvalue weighted by Crippen LogP contribution is -2.36. The second-order valence-corrected chi connectivity index (χ2v) is 4.29. The lowest BCUT2D eigenvalue weighted by atomic mass is 10.1. The number of hydrogen-bond acceptors (Lipinski definition) is 9. The summed E-state index contributed by atoms with van der Waals surface area (Å²) in [5, 5.41) is 41.8. The molecule has 0 amide bonds. The lowest BCUT2D eigenvalue weighted by Gasteiger charge is -2.17. The number of anilines is 2. The first kappa shape index (κ1) is 14.4. The highest BCUT2D eigenvalue weighted by molar-refractivity contribution is 5.72. The van der Waals surface area contributed by atoms with Crippen molar-refractivity contribution in [3.05, 3.63) is 22.5 Å². The number of rotatable bonds is 4. The number of ether oxygens (including phenoxy) is 1. The fourth-order valence-corrected chi connectivity index (χ4v) is 1.95. The molecule has 2 rings (SSSR count). The first-order valence-corrected chi connectivity index (χ1v) is 5.72. The summed E-state index contributed by atoms with van der Waals surface area (Å²) in [6.07, 6.45) is -2.47. The third-order valence-corrected chi connectivity index (χ3v) is 2.97. The van der Waals surface area contributed by atoms with E-state index in [0.717, 1.165) is 12.4 Å². The van der Waals surface area contributed by atoms with Gasteiger partial charge in [0.05, 0.1) is 23.9 Å². The molecule has 1 aromatic rings. The lowest BCUT2D eigenvalue weighted by molar-refractivity contribution is -0.383. The molecule has 6 N–H and O–H groups in total. The fourth-order valence-electron chi connectivity index (χ4n) is 1.95. The number of aliphatic hydroxyl groups excluding tert-OH is 3. The van der Waals surface area contributed by atoms with E-state index in [0.29, 0.717) is 0 Å². The zero-order valence-electron chi connectivity index (χ0n) is 10.2. The van der Waals surface area contributed by atoms with Crippen LogP contribution in [0.2, 0.25) is 0 Å². The molecule has 10 nitrogen and oxygen atoms in total. The maximum absolute atomic E-state index is 10.9. The van der Waals surface area contributed by atoms with Crippen molar-refractivity contribution in [1.29, 1.82) is 0 Å². The van der Waals surface area contributed by atoms with Crippen LogP contribution in [0.4, 0.5) is 17.1 Å². The average molecular weight is 286 g/mol. The second-order valence-electron chi connectivity index (χ2n) is 4.29. The van der Waals surface area contributed by atoms with Gasteiger partial charge in [-0.15, -0.1) is 0 Å². The van der Waals surface area contributed by atoms with E-state index < -0.39 is 41.8 Å². The summed E-state index contributed by atoms with van der Waals surface area (Å²) in [6, 6.07) is 0. The molecule has 0 aliphatic carbocycles. The van der Waals surface area contributed by atoms with E-state index in [1.54, 1.807) is 0 Å². The van der Waals surface area contributed by atoms with E-state index in [4.69, 9.17) is 15.6 Å². The van der Waals surface area contributed by atoms with Crippen molar-refractivity contribution in [2.45, 2.75) is 24.5 Å². The predicted octanol–water partition coefficient (Wildman–Crippen LogP) is -1.58. The van der Waals surface area contributed by atoms with Crippen molar-refractivity contribution in [3.8, 4) is 0 Å². The third-order valence-electron chi connectivity index (χ3n) is 2.97. The first-order valence-electron chi connectivity index (χ1n) is 5.72. The van der Waals surface area contributed by atoms with Gasteiger partial charge in [0, 0.05) is 0 Å². The highest BCUT2D eigenvalue weighted by atomic mass is 16.6. The van der Waals surface area contributed by atoms with E-state index in [1.165, 1.54) is 0 Å². The predicted molar refractivity (Wildman–Crippen MR) is 66.7 cm³/mol. The average Bonchev–Trinajstić information content (AvgIpc) is 2.66. The van der Waals surface area contributed by atoms with Gasteiger partial charge in [-0.25, -0.2) is 0 Å². The van der Waals surface area contributed by atoms with Crippen molar-refractivity contribution in [3.63, 3.8) is 0 Å². The molecule has 4 unspecified atom stereocenters. The zero-order valence-corrected chi connectivity index (χ0v) is 10.2. The van der Waals surface area contributed by atoms with Gasteiger partial charge in [0.15, 0.2) is 6.23 Å². The molecule has 4 atom stereocenters. The maximum Gasteiger partial charge on any atom is 0.318 e. The molecular weight excluding hydrogens is 272 g/mol. The molecule has 0 saturated carbocycles. The smallest absolute Gasteiger partial charge is 0.318 e. The van der Waals surface area contributed by atoms with Gasteiger partial charge >= 0.3 is 5.69 Å². The molecule has 0 radical (unpaired) electrons. The summed E-state index contributed by atoms with van der Waals surface area (Å²) in [4.78, 5) is 14.0. The minimum atomic E-state index is -1.35. The van der Waals surface area contributed by atoms with E-state index in [1.807, 2.05) is 0 Å². The molecule has 0 aromatic carbocycles. The third kappa shape index (κ3) is 2.49. The van der Waals surface area contributed by atoms with Crippen molar-refractivity contribution in [2.75, 3.05) is 17.7 Å². The van der Waals surface area contributed by atoms with Gasteiger partial charge < -0.3 is 31.1 Å². The van der Waals surface area contributed by atoms with Gasteiger partial charge in [-0.05, 0) is 0 Å². The van der Waals surface area contributed by atoms with Crippen LogP contribution in [0, 0.1) is 10.1 Å². The van der Waals surface area contributed by atoms with E-state index >= 15 is 0 Å². The zero-order chi connectivity index (χ0) is 14.9. The van der Waals surface area contributed by atoms with E-state index in [2.05, 4.69) is 10.3 Å². The fraction of sp³-hybridized carbons (Fsp3) is 0.500. The van der Waals surface area contributed by atoms with Crippen LogP contribution in [0.5, 0.6) is 0 Å². The van der Waals surface area contributed by atoms with Gasteiger partial charge in [0.1, 0.15) is 29.7 Å². The summed E-state index contributed by atoms with van der Waals surface area (Å²) >= 11 is 0. The minimum Gasteiger partial charge on any atom is -0.394 e. The van der Waals surface area contributed by atoms with Gasteiger partial charge in [0.25, 0.3) is 0 Å². The number of nitrogens with zero attached hydrogens (tertiary/aromatic N) is 2. The number of nitrogens with two attached hydrogens (primary N) is 1. The van der Waals surface area contributed by atoms with Gasteiger partial charge in [0.2, 0.25) is 0 Å². The van der Waals surface area contributed by atoms with Crippen molar-refractivity contribution < 1.29 is 25.0 Å². The normalized spacial score (nSPS) is 29.4. The van der Waals surface area contributed by atoms with Crippen molar-refractivity contribution >= 4 is 17.1 Å². The molecule has 20 heavy (non-hydrogen) atoms. The van der Waals surface area contributed by atoms with Crippen LogP contribution >= 0.6 is 0 Å². The van der Waals surface area contributed by atoms with Crippen molar-refractivity contribution in [2.24, 2.45) is 0 Å². The Morgan fingerprint density at radius 3 is 2.70 bits per heavy atom. The molecule has 1 aliphatic heterocycles. The Labute approximate surface area is 113 Å². The summed E-state index contributed by atoms with van der Waals surface area (Å²) in [7, 11) is 0. The number of hydrogen-bond donors (Lipinski definition) is 5. The van der Waals surface area contributed by atoms with Crippen LogP contribution in [0.15, 0.2) is 12.4 Å². The molecule has 1 aromatic heterocycles. The Kier molecular flexibility index (Phi) is 3.99. The summed E-state index contributed by atoms with van der Waals surface area (Å²) in [5.74, 6) is 0. The number of nitrogen functional groups attached to an aromatic ring is 1. The highest BCUT2D eigenvalue weighted by Crippen LogP contribution is 2.32. The summed E-state index contributed by atoms with van der Waals surface area (Å²) in [6.45, 7) is -0.492. The molecule has 10 heteroatoms. The van der Waals surface area contributed by atoms with Gasteiger partial charge in [-0.1, -0.05) is 0 Å². The number of aliphatic hydroxyl groups is 3. The van der Waals surface area contributed by atoms with E-state index in [-0.39, 0.29) is 11.4 Å². The van der Waals surface area contributed by atoms with Crippen LogP contribution in [-0.2, 0) is 4.74 Å². The molecular formula is C10H14N4O6. The number of nitrogens with one attached hydrogen (secondary N) is 1. The monoisotopic (exact) mass is 286 g/mol. The Morgan fingerprint density at radius 2 is 2.15 bits per heavy atom. The topological polar surface area (TPSA) is 164 Å². The Bertz CT molecular complexity index is 513. The molecule has 0 spiro atoms. The second kappa shape index (κ2) is 5.54. The molecule has 1 aliphatic rings. The van der Waals surface area contributed by atoms with Crippen LogP contribution in [0.3, 0.4) is 0 Å².